The second-order valence-electron chi connectivity index (χ2n) is 7.59. The third kappa shape index (κ3) is 12.5. The van der Waals surface area contributed by atoms with E-state index in [1.54, 1.807) is 0 Å². The van der Waals surface area contributed by atoms with Gasteiger partial charge in [0.25, 0.3) is 0 Å². The van der Waals surface area contributed by atoms with Crippen molar-refractivity contribution in [1.82, 2.24) is 0 Å². The van der Waals surface area contributed by atoms with Crippen LogP contribution in [0.2, 0.25) is 0 Å². The highest BCUT2D eigenvalue weighted by atomic mass is 16.2. The van der Waals surface area contributed by atoms with Gasteiger partial charge in [-0.15, -0.1) is 0 Å². The summed E-state index contributed by atoms with van der Waals surface area (Å²) in [4.78, 5) is 0. The van der Waals surface area contributed by atoms with Gasteiger partial charge < -0.3 is 0 Å². The van der Waals surface area contributed by atoms with Crippen molar-refractivity contribution >= 4 is 0 Å². The molecule has 0 aliphatic heterocycles. The Morgan fingerprint density at radius 3 is 1.36 bits per heavy atom. The van der Waals surface area contributed by atoms with E-state index in [9.17, 15) is 5.11 Å². The van der Waals surface area contributed by atoms with E-state index in [0.29, 0.717) is 0 Å². The van der Waals surface area contributed by atoms with Crippen LogP contribution in [0.15, 0.2) is 0 Å². The van der Waals surface area contributed by atoms with Crippen LogP contribution in [-0.2, 0) is 5.11 Å². The molecule has 1 radical (unpaired) electrons. The van der Waals surface area contributed by atoms with Crippen LogP contribution in [0.3, 0.4) is 0 Å². The molecule has 0 aromatic heterocycles. The third-order valence-corrected chi connectivity index (χ3v) is 5.48. The molecule has 0 saturated heterocycles. The first-order valence-electron chi connectivity index (χ1n) is 10.5. The molecule has 1 saturated carbocycles. The monoisotopic (exact) mass is 309 g/mol. The van der Waals surface area contributed by atoms with Crippen molar-refractivity contribution in [3.63, 3.8) is 0 Å². The van der Waals surface area contributed by atoms with Crippen molar-refractivity contribution in [2.75, 3.05) is 6.61 Å². The van der Waals surface area contributed by atoms with Gasteiger partial charge in [-0.25, -0.2) is 5.11 Å². The fraction of sp³-hybridized carbons (Fsp3) is 1.00. The van der Waals surface area contributed by atoms with Gasteiger partial charge >= 0.3 is 0 Å². The smallest absolute Gasteiger partial charge is 0.0822 e. The molecule has 0 N–H and O–H groups in total. The highest BCUT2D eigenvalue weighted by molar-refractivity contribution is 4.65. The molecule has 1 nitrogen and oxygen atoms in total. The summed E-state index contributed by atoms with van der Waals surface area (Å²) < 4.78 is 0. The van der Waals surface area contributed by atoms with Gasteiger partial charge in [-0.2, -0.15) is 0 Å². The lowest BCUT2D eigenvalue weighted by atomic mass is 9.85. The number of hydrogen-bond donors (Lipinski definition) is 0. The number of rotatable bonds is 15. The summed E-state index contributed by atoms with van der Waals surface area (Å²) in [5.41, 5.74) is 0. The SMILES string of the molecule is [O]CCCCCCCCCCCCCCCC1CCCCC1. The molecule has 1 aliphatic carbocycles. The predicted octanol–water partition coefficient (Wildman–Crippen LogP) is 7.46. The molecule has 0 atom stereocenters. The summed E-state index contributed by atoms with van der Waals surface area (Å²) in [5, 5.41) is 10.3. The fourth-order valence-corrected chi connectivity index (χ4v) is 3.96. The summed E-state index contributed by atoms with van der Waals surface area (Å²) in [6, 6.07) is 0. The zero-order valence-electron chi connectivity index (χ0n) is 15.1. The molecule has 0 heterocycles. The van der Waals surface area contributed by atoms with E-state index < -0.39 is 0 Å². The Balaban J connectivity index is 1.68. The minimum atomic E-state index is 0.126. The molecule has 0 unspecified atom stereocenters. The average molecular weight is 310 g/mol. The molecular weight excluding hydrogens is 268 g/mol. The number of unbranched alkanes of at least 4 members (excludes halogenated alkanes) is 12. The molecule has 0 bridgehead atoms. The maximum atomic E-state index is 10.3. The van der Waals surface area contributed by atoms with Crippen LogP contribution in [0.5, 0.6) is 0 Å². The average Bonchev–Trinajstić information content (AvgIpc) is 2.56. The molecule has 1 fully saturated rings. The Kier molecular flexibility index (Phi) is 14.4. The van der Waals surface area contributed by atoms with Crippen molar-refractivity contribution in [2.24, 2.45) is 5.92 Å². The first-order chi connectivity index (χ1) is 10.9. The second kappa shape index (κ2) is 15.8. The Labute approximate surface area is 140 Å². The van der Waals surface area contributed by atoms with E-state index in [4.69, 9.17) is 0 Å². The quantitative estimate of drug-likeness (QED) is 0.280. The minimum absolute atomic E-state index is 0.126. The predicted molar refractivity (Wildman–Crippen MR) is 96.8 cm³/mol. The number of hydrogen-bond acceptors (Lipinski definition) is 0. The van der Waals surface area contributed by atoms with Crippen molar-refractivity contribution in [1.29, 1.82) is 0 Å². The van der Waals surface area contributed by atoms with Gasteiger partial charge in [-0.05, 0) is 12.3 Å². The van der Waals surface area contributed by atoms with Gasteiger partial charge in [0.1, 0.15) is 0 Å². The van der Waals surface area contributed by atoms with E-state index in [-0.39, 0.29) is 6.61 Å². The summed E-state index contributed by atoms with van der Waals surface area (Å²) in [6.45, 7) is 0.126. The van der Waals surface area contributed by atoms with Gasteiger partial charge in [0.05, 0.1) is 6.61 Å². The summed E-state index contributed by atoms with van der Waals surface area (Å²) in [5.74, 6) is 1.09. The van der Waals surface area contributed by atoms with E-state index >= 15 is 0 Å². The highest BCUT2D eigenvalue weighted by Crippen LogP contribution is 2.28. The van der Waals surface area contributed by atoms with Crippen LogP contribution in [-0.4, -0.2) is 6.61 Å². The zero-order valence-corrected chi connectivity index (χ0v) is 15.1. The van der Waals surface area contributed by atoms with E-state index in [1.807, 2.05) is 0 Å². The van der Waals surface area contributed by atoms with Crippen LogP contribution < -0.4 is 0 Å². The summed E-state index contributed by atoms with van der Waals surface area (Å²) >= 11 is 0. The largest absolute Gasteiger partial charge is 0.237 e. The van der Waals surface area contributed by atoms with Crippen LogP contribution in [0, 0.1) is 5.92 Å². The first kappa shape index (κ1) is 20.0. The lowest BCUT2D eigenvalue weighted by Gasteiger charge is -2.21. The van der Waals surface area contributed by atoms with Crippen LogP contribution in [0.4, 0.5) is 0 Å². The molecule has 1 heteroatoms. The molecule has 1 rings (SSSR count). The Hall–Kier alpha value is -0.0400. The van der Waals surface area contributed by atoms with Gasteiger partial charge in [-0.1, -0.05) is 116 Å². The zero-order chi connectivity index (χ0) is 15.7. The lowest BCUT2D eigenvalue weighted by Crippen LogP contribution is -2.05. The second-order valence-corrected chi connectivity index (χ2v) is 7.59. The standard InChI is InChI=1S/C21H41O/c22-20-16-11-9-7-5-3-1-2-4-6-8-10-13-17-21-18-14-12-15-19-21/h21H,1-20H2. The van der Waals surface area contributed by atoms with E-state index in [0.717, 1.165) is 18.8 Å². The lowest BCUT2D eigenvalue weighted by molar-refractivity contribution is 0.186. The topological polar surface area (TPSA) is 19.9 Å². The fourth-order valence-electron chi connectivity index (χ4n) is 3.96. The van der Waals surface area contributed by atoms with Gasteiger partial charge in [0.2, 0.25) is 0 Å². The normalized spacial score (nSPS) is 16.2. The van der Waals surface area contributed by atoms with Crippen LogP contribution >= 0.6 is 0 Å². The molecule has 0 spiro atoms. The molecule has 0 aromatic carbocycles. The minimum Gasteiger partial charge on any atom is -0.237 e. The van der Waals surface area contributed by atoms with Crippen LogP contribution in [0.1, 0.15) is 122 Å². The van der Waals surface area contributed by atoms with Crippen molar-refractivity contribution in [3.8, 4) is 0 Å². The van der Waals surface area contributed by atoms with Crippen LogP contribution in [0.25, 0.3) is 0 Å². The van der Waals surface area contributed by atoms with Gasteiger partial charge in [0, 0.05) is 0 Å². The van der Waals surface area contributed by atoms with E-state index in [2.05, 4.69) is 0 Å². The third-order valence-electron chi connectivity index (χ3n) is 5.48. The Bertz CT molecular complexity index is 208. The van der Waals surface area contributed by atoms with Crippen molar-refractivity contribution in [2.45, 2.75) is 122 Å². The molecule has 0 amide bonds. The molecular formula is C21H41O. The maximum absolute atomic E-state index is 10.3. The molecule has 0 aromatic rings. The molecule has 22 heavy (non-hydrogen) atoms. The highest BCUT2D eigenvalue weighted by Gasteiger charge is 2.12. The molecule has 131 valence electrons. The van der Waals surface area contributed by atoms with Crippen molar-refractivity contribution in [3.05, 3.63) is 0 Å². The van der Waals surface area contributed by atoms with E-state index in [1.165, 1.54) is 109 Å². The van der Waals surface area contributed by atoms with Gasteiger partial charge in [0.15, 0.2) is 0 Å². The van der Waals surface area contributed by atoms with Gasteiger partial charge in [-0.3, -0.25) is 0 Å². The molecule has 1 aliphatic rings. The Morgan fingerprint density at radius 2 is 0.909 bits per heavy atom. The van der Waals surface area contributed by atoms with Crippen molar-refractivity contribution < 1.29 is 5.11 Å². The summed E-state index contributed by atoms with van der Waals surface area (Å²) in [6.07, 6.45) is 26.8. The summed E-state index contributed by atoms with van der Waals surface area (Å²) in [7, 11) is 0. The maximum Gasteiger partial charge on any atom is 0.0822 e. The first-order valence-corrected chi connectivity index (χ1v) is 10.5. The Morgan fingerprint density at radius 1 is 0.500 bits per heavy atom.